The minimum Gasteiger partial charge on any atom is -0.491 e. The zero-order chi connectivity index (χ0) is 24.8. The van der Waals surface area contributed by atoms with Crippen LogP contribution >= 0.6 is 0 Å². The summed E-state index contributed by atoms with van der Waals surface area (Å²) in [6.07, 6.45) is 2.97. The van der Waals surface area contributed by atoms with Crippen molar-refractivity contribution in [3.63, 3.8) is 0 Å². The van der Waals surface area contributed by atoms with Crippen molar-refractivity contribution in [2.75, 3.05) is 31.7 Å². The van der Waals surface area contributed by atoms with Gasteiger partial charge in [0.1, 0.15) is 11.3 Å². The first kappa shape index (κ1) is 24.6. The predicted molar refractivity (Wildman–Crippen MR) is 128 cm³/mol. The van der Waals surface area contributed by atoms with Gasteiger partial charge in [-0.1, -0.05) is 0 Å². The summed E-state index contributed by atoms with van der Waals surface area (Å²) in [5.41, 5.74) is 2.03. The second kappa shape index (κ2) is 11.3. The first-order valence-corrected chi connectivity index (χ1v) is 11.8. The number of hydrogen-bond donors (Lipinski definition) is 2. The monoisotopic (exact) mass is 487 g/mol. The summed E-state index contributed by atoms with van der Waals surface area (Å²) in [5, 5.41) is 12.2. The molecule has 2 aromatic carbocycles. The first-order chi connectivity index (χ1) is 17.0. The van der Waals surface area contributed by atoms with E-state index < -0.39 is 18.4 Å². The van der Waals surface area contributed by atoms with E-state index in [4.69, 9.17) is 23.7 Å². The smallest absolute Gasteiger partial charge is 0.341 e. The van der Waals surface area contributed by atoms with Crippen LogP contribution in [0, 0.1) is 5.82 Å². The van der Waals surface area contributed by atoms with E-state index in [0.717, 1.165) is 31.4 Å². The van der Waals surface area contributed by atoms with Crippen molar-refractivity contribution >= 4 is 23.1 Å². The molecule has 0 spiro atoms. The number of oxazole rings is 1. The lowest BCUT2D eigenvalue weighted by atomic mass is 10.1. The molecule has 2 heterocycles. The number of rotatable bonds is 11. The number of nitrogens with one attached hydrogen (secondary N) is 1. The summed E-state index contributed by atoms with van der Waals surface area (Å²) >= 11 is 0. The lowest BCUT2D eigenvalue weighted by Gasteiger charge is -2.35. The van der Waals surface area contributed by atoms with E-state index in [0.29, 0.717) is 42.6 Å². The standard InChI is InChI=1S/C25H30FN3O6/c1-3-32-20-11-16(12-21(24(20)26)33-4-2)14-29-10-6-5-7-22(29)28-25-27-18-13-17(34-15-23(30)31)8-9-19(18)35-25/h8-9,11-13,22H,3-7,10,14-15H2,1-2H3,(H,27,28)(H,30,31). The normalized spacial score (nSPS) is 16.3. The molecule has 9 nitrogen and oxygen atoms in total. The van der Waals surface area contributed by atoms with Gasteiger partial charge in [0.25, 0.3) is 6.01 Å². The van der Waals surface area contributed by atoms with E-state index in [1.807, 2.05) is 13.8 Å². The van der Waals surface area contributed by atoms with Crippen LogP contribution in [-0.4, -0.2) is 53.5 Å². The van der Waals surface area contributed by atoms with Crippen molar-refractivity contribution in [3.05, 3.63) is 41.7 Å². The van der Waals surface area contributed by atoms with Crippen molar-refractivity contribution in [3.8, 4) is 17.2 Å². The summed E-state index contributed by atoms with van der Waals surface area (Å²) in [5.74, 6) is -0.743. The minimum absolute atomic E-state index is 0.0318. The van der Waals surface area contributed by atoms with Gasteiger partial charge in [-0.25, -0.2) is 4.79 Å². The third kappa shape index (κ3) is 6.13. The Morgan fingerprint density at radius 1 is 1.17 bits per heavy atom. The van der Waals surface area contributed by atoms with Crippen LogP contribution in [0.3, 0.4) is 0 Å². The van der Waals surface area contributed by atoms with E-state index in [-0.39, 0.29) is 17.7 Å². The third-order valence-electron chi connectivity index (χ3n) is 5.68. The summed E-state index contributed by atoms with van der Waals surface area (Å²) < 4.78 is 36.7. The summed E-state index contributed by atoms with van der Waals surface area (Å²) in [6.45, 7) is 5.37. The van der Waals surface area contributed by atoms with Crippen LogP contribution in [0.25, 0.3) is 11.1 Å². The molecule has 1 aliphatic rings. The van der Waals surface area contributed by atoms with E-state index in [1.165, 1.54) is 0 Å². The lowest BCUT2D eigenvalue weighted by molar-refractivity contribution is -0.139. The SMILES string of the molecule is CCOc1cc(CN2CCCCC2Nc2nc3cc(OCC(=O)O)ccc3o2)cc(OCC)c1F. The van der Waals surface area contributed by atoms with Gasteiger partial charge >= 0.3 is 5.97 Å². The molecule has 188 valence electrons. The van der Waals surface area contributed by atoms with Gasteiger partial charge in [0.2, 0.25) is 5.82 Å². The first-order valence-electron chi connectivity index (χ1n) is 11.8. The van der Waals surface area contributed by atoms with Crippen LogP contribution in [0.1, 0.15) is 38.7 Å². The average Bonchev–Trinajstić information content (AvgIpc) is 3.24. The number of halogens is 1. The lowest BCUT2D eigenvalue weighted by Crippen LogP contribution is -2.43. The molecule has 35 heavy (non-hydrogen) atoms. The molecule has 1 aromatic heterocycles. The number of piperidine rings is 1. The molecule has 3 aromatic rings. The number of aliphatic carboxylic acids is 1. The number of carboxylic acids is 1. The van der Waals surface area contributed by atoms with Crippen molar-refractivity contribution in [1.82, 2.24) is 9.88 Å². The fraction of sp³-hybridized carbons (Fsp3) is 0.440. The highest BCUT2D eigenvalue weighted by Gasteiger charge is 2.25. The van der Waals surface area contributed by atoms with E-state index in [9.17, 15) is 9.18 Å². The molecule has 1 aliphatic heterocycles. The summed E-state index contributed by atoms with van der Waals surface area (Å²) in [7, 11) is 0. The zero-order valence-electron chi connectivity index (χ0n) is 19.9. The number of likely N-dealkylation sites (tertiary alicyclic amines) is 1. The maximum absolute atomic E-state index is 14.7. The van der Waals surface area contributed by atoms with Crippen LogP contribution in [-0.2, 0) is 11.3 Å². The Labute approximate surface area is 202 Å². The highest BCUT2D eigenvalue weighted by atomic mass is 19.1. The maximum Gasteiger partial charge on any atom is 0.341 e. The molecular formula is C25H30FN3O6. The fourth-order valence-electron chi connectivity index (χ4n) is 4.16. The number of benzene rings is 2. The highest BCUT2D eigenvalue weighted by Crippen LogP contribution is 2.31. The molecule has 0 amide bonds. The third-order valence-corrected chi connectivity index (χ3v) is 5.68. The van der Waals surface area contributed by atoms with Crippen LogP contribution in [0.4, 0.5) is 10.4 Å². The van der Waals surface area contributed by atoms with Crippen molar-refractivity contribution in [1.29, 1.82) is 0 Å². The molecule has 2 N–H and O–H groups in total. The second-order valence-electron chi connectivity index (χ2n) is 8.23. The fourth-order valence-corrected chi connectivity index (χ4v) is 4.16. The molecule has 4 rings (SSSR count). The summed E-state index contributed by atoms with van der Waals surface area (Å²) in [6, 6.07) is 8.82. The maximum atomic E-state index is 14.7. The van der Waals surface area contributed by atoms with Gasteiger partial charge in [-0.05, 0) is 62.9 Å². The van der Waals surface area contributed by atoms with Gasteiger partial charge in [-0.2, -0.15) is 9.37 Å². The average molecular weight is 488 g/mol. The Bertz CT molecular complexity index is 1140. The molecule has 0 aliphatic carbocycles. The van der Waals surface area contributed by atoms with Crippen molar-refractivity contribution in [2.24, 2.45) is 0 Å². The van der Waals surface area contributed by atoms with E-state index in [2.05, 4.69) is 15.2 Å². The number of anilines is 1. The Morgan fingerprint density at radius 3 is 2.60 bits per heavy atom. The number of carbonyl (C=O) groups is 1. The molecule has 0 saturated carbocycles. The molecule has 0 radical (unpaired) electrons. The van der Waals surface area contributed by atoms with Gasteiger partial charge in [-0.15, -0.1) is 0 Å². The predicted octanol–water partition coefficient (Wildman–Crippen LogP) is 4.65. The van der Waals surface area contributed by atoms with Crippen LogP contribution in [0.5, 0.6) is 17.2 Å². The number of carboxylic acid groups (broad SMARTS) is 1. The molecule has 1 saturated heterocycles. The number of ether oxygens (including phenoxy) is 3. The van der Waals surface area contributed by atoms with Crippen LogP contribution in [0.15, 0.2) is 34.7 Å². The van der Waals surface area contributed by atoms with Gasteiger partial charge in [0.15, 0.2) is 23.7 Å². The molecule has 1 fully saturated rings. The van der Waals surface area contributed by atoms with Gasteiger partial charge in [-0.3, -0.25) is 4.90 Å². The van der Waals surface area contributed by atoms with E-state index >= 15 is 0 Å². The molecular weight excluding hydrogens is 457 g/mol. The number of aromatic nitrogens is 1. The molecule has 1 atom stereocenters. The molecule has 10 heteroatoms. The van der Waals surface area contributed by atoms with Gasteiger partial charge < -0.3 is 29.1 Å². The van der Waals surface area contributed by atoms with Crippen LogP contribution < -0.4 is 19.5 Å². The Morgan fingerprint density at radius 2 is 1.91 bits per heavy atom. The van der Waals surface area contributed by atoms with Crippen LogP contribution in [0.2, 0.25) is 0 Å². The number of fused-ring (bicyclic) bond motifs is 1. The largest absolute Gasteiger partial charge is 0.491 e. The zero-order valence-corrected chi connectivity index (χ0v) is 19.9. The highest BCUT2D eigenvalue weighted by molar-refractivity contribution is 5.76. The number of hydrogen-bond acceptors (Lipinski definition) is 8. The molecule has 1 unspecified atom stereocenters. The topological polar surface area (TPSA) is 106 Å². The Balaban J connectivity index is 1.50. The second-order valence-corrected chi connectivity index (χ2v) is 8.23. The quantitative estimate of drug-likeness (QED) is 0.400. The Hall–Kier alpha value is -3.53. The number of nitrogens with zero attached hydrogens (tertiary/aromatic N) is 2. The van der Waals surface area contributed by atoms with Gasteiger partial charge in [0.05, 0.1) is 19.4 Å². The van der Waals surface area contributed by atoms with Crippen molar-refractivity contribution < 1.29 is 32.9 Å². The van der Waals surface area contributed by atoms with E-state index in [1.54, 1.807) is 30.3 Å². The minimum atomic E-state index is -1.05. The Kier molecular flexibility index (Phi) is 7.91. The molecule has 0 bridgehead atoms. The summed E-state index contributed by atoms with van der Waals surface area (Å²) in [4.78, 5) is 17.5. The van der Waals surface area contributed by atoms with Crippen molar-refractivity contribution in [2.45, 2.75) is 45.8 Å². The van der Waals surface area contributed by atoms with Gasteiger partial charge in [0, 0.05) is 19.2 Å².